The predicted molar refractivity (Wildman–Crippen MR) is 55.3 cm³/mol. The van der Waals surface area contributed by atoms with Gasteiger partial charge in [-0.25, -0.2) is 0 Å². The first kappa shape index (κ1) is 10.3. The van der Waals surface area contributed by atoms with Crippen LogP contribution in [0.3, 0.4) is 0 Å². The highest BCUT2D eigenvalue weighted by molar-refractivity contribution is 7.80. The van der Waals surface area contributed by atoms with Gasteiger partial charge in [0.05, 0.1) is 5.37 Å². The van der Waals surface area contributed by atoms with E-state index in [0.29, 0.717) is 5.69 Å². The molecule has 1 atom stereocenters. The second kappa shape index (κ2) is 3.96. The van der Waals surface area contributed by atoms with E-state index in [1.165, 1.54) is 6.92 Å². The van der Waals surface area contributed by atoms with Gasteiger partial charge >= 0.3 is 0 Å². The molecule has 0 saturated carbocycles. The molecule has 0 aliphatic rings. The van der Waals surface area contributed by atoms with Crippen LogP contribution in [-0.4, -0.2) is 15.6 Å². The molecule has 3 nitrogen and oxygen atoms in total. The van der Waals surface area contributed by atoms with Gasteiger partial charge in [0.15, 0.2) is 5.78 Å². The number of Topliss-reactive ketones (excluding diaryl/α,β-unsaturated/α-hetero) is 1. The highest BCUT2D eigenvalue weighted by Gasteiger charge is 2.11. The van der Waals surface area contributed by atoms with E-state index in [0.717, 1.165) is 12.1 Å². The van der Waals surface area contributed by atoms with E-state index >= 15 is 0 Å². The number of ketones is 1. The molecule has 0 saturated heterocycles. The van der Waals surface area contributed by atoms with Crippen molar-refractivity contribution in [2.24, 2.45) is 0 Å². The highest BCUT2D eigenvalue weighted by Crippen LogP contribution is 2.17. The first-order valence-electron chi connectivity index (χ1n) is 4.31. The van der Waals surface area contributed by atoms with Gasteiger partial charge in [0.1, 0.15) is 5.69 Å². The van der Waals surface area contributed by atoms with Crippen molar-refractivity contribution < 1.29 is 4.79 Å². The minimum atomic E-state index is -0.00140. The Hall–Kier alpha value is -0.770. The second-order valence-corrected chi connectivity index (χ2v) is 3.66. The molecule has 0 aromatic carbocycles. The Morgan fingerprint density at radius 3 is 2.77 bits per heavy atom. The van der Waals surface area contributed by atoms with Crippen LogP contribution in [0.25, 0.3) is 0 Å². The van der Waals surface area contributed by atoms with Crippen LogP contribution in [0.4, 0.5) is 0 Å². The molecule has 72 valence electrons. The maximum Gasteiger partial charge on any atom is 0.179 e. The number of thiol groups is 1. The molecule has 0 N–H and O–H groups in total. The molecule has 1 aromatic rings. The van der Waals surface area contributed by atoms with E-state index in [2.05, 4.69) is 17.7 Å². The van der Waals surface area contributed by atoms with E-state index in [9.17, 15) is 4.79 Å². The Labute approximate surface area is 83.5 Å². The Bertz CT molecular complexity index is 319. The van der Waals surface area contributed by atoms with Gasteiger partial charge in [-0.2, -0.15) is 17.7 Å². The summed E-state index contributed by atoms with van der Waals surface area (Å²) < 4.78 is 1.78. The van der Waals surface area contributed by atoms with Crippen molar-refractivity contribution >= 4 is 18.4 Å². The Morgan fingerprint density at radius 1 is 1.77 bits per heavy atom. The zero-order chi connectivity index (χ0) is 10.0. The number of carbonyl (C=O) groups is 1. The third-order valence-electron chi connectivity index (χ3n) is 1.93. The lowest BCUT2D eigenvalue weighted by molar-refractivity contribution is 0.101. The molecular weight excluding hydrogens is 184 g/mol. The van der Waals surface area contributed by atoms with Crippen molar-refractivity contribution in [2.45, 2.75) is 32.6 Å². The van der Waals surface area contributed by atoms with Gasteiger partial charge in [-0.15, -0.1) is 0 Å². The molecule has 0 radical (unpaired) electrons. The summed E-state index contributed by atoms with van der Waals surface area (Å²) >= 11 is 4.36. The average Bonchev–Trinajstić information content (AvgIpc) is 2.46. The van der Waals surface area contributed by atoms with Gasteiger partial charge in [0, 0.05) is 12.6 Å². The van der Waals surface area contributed by atoms with Crippen LogP contribution in [0.5, 0.6) is 0 Å². The summed E-state index contributed by atoms with van der Waals surface area (Å²) in [6.45, 7) is 5.48. The molecule has 0 fully saturated rings. The number of hydrogen-bond acceptors (Lipinski definition) is 3. The quantitative estimate of drug-likeness (QED) is 0.597. The van der Waals surface area contributed by atoms with Gasteiger partial charge < -0.3 is 0 Å². The van der Waals surface area contributed by atoms with E-state index in [1.54, 1.807) is 10.7 Å². The minimum absolute atomic E-state index is 0.00140. The van der Waals surface area contributed by atoms with Crippen molar-refractivity contribution in [3.63, 3.8) is 0 Å². The number of aryl methyl sites for hydroxylation is 1. The molecule has 1 heterocycles. The number of hydrogen-bond donors (Lipinski definition) is 1. The summed E-state index contributed by atoms with van der Waals surface area (Å²) in [4.78, 5) is 11.0. The van der Waals surface area contributed by atoms with E-state index in [-0.39, 0.29) is 11.2 Å². The zero-order valence-corrected chi connectivity index (χ0v) is 9.01. The SMILES string of the molecule is CCC(S)n1nc(C(C)=O)cc1C. The first-order chi connectivity index (χ1) is 6.06. The van der Waals surface area contributed by atoms with Crippen molar-refractivity contribution in [3.05, 3.63) is 17.5 Å². The molecule has 0 amide bonds. The lowest BCUT2D eigenvalue weighted by Crippen LogP contribution is -2.06. The summed E-state index contributed by atoms with van der Waals surface area (Å²) in [6, 6.07) is 1.79. The van der Waals surface area contributed by atoms with Crippen LogP contribution in [-0.2, 0) is 0 Å². The Balaban J connectivity index is 3.02. The van der Waals surface area contributed by atoms with Crippen molar-refractivity contribution in [1.29, 1.82) is 0 Å². The van der Waals surface area contributed by atoms with Crippen LogP contribution in [0.2, 0.25) is 0 Å². The fourth-order valence-electron chi connectivity index (χ4n) is 1.13. The number of aromatic nitrogens is 2. The zero-order valence-electron chi connectivity index (χ0n) is 8.11. The standard InChI is InChI=1S/C9H14N2OS/c1-4-9(13)11-6(2)5-8(10-11)7(3)12/h5,9,13H,4H2,1-3H3. The van der Waals surface area contributed by atoms with Crippen molar-refractivity contribution in [3.8, 4) is 0 Å². The number of nitrogens with zero attached hydrogens (tertiary/aromatic N) is 2. The van der Waals surface area contributed by atoms with Gasteiger partial charge in [-0.3, -0.25) is 9.48 Å². The van der Waals surface area contributed by atoms with Gasteiger partial charge in [-0.05, 0) is 19.4 Å². The average molecular weight is 198 g/mol. The highest BCUT2D eigenvalue weighted by atomic mass is 32.1. The lowest BCUT2D eigenvalue weighted by atomic mass is 10.3. The molecule has 1 unspecified atom stereocenters. The van der Waals surface area contributed by atoms with Crippen LogP contribution < -0.4 is 0 Å². The molecule has 0 aliphatic carbocycles. The normalized spacial score (nSPS) is 12.9. The maximum absolute atomic E-state index is 11.0. The first-order valence-corrected chi connectivity index (χ1v) is 4.83. The maximum atomic E-state index is 11.0. The Morgan fingerprint density at radius 2 is 2.38 bits per heavy atom. The van der Waals surface area contributed by atoms with Crippen LogP contribution in [0, 0.1) is 6.92 Å². The van der Waals surface area contributed by atoms with E-state index < -0.39 is 0 Å². The van der Waals surface area contributed by atoms with Gasteiger partial charge in [0.25, 0.3) is 0 Å². The molecule has 1 aromatic heterocycles. The number of carbonyl (C=O) groups excluding carboxylic acids is 1. The summed E-state index contributed by atoms with van der Waals surface area (Å²) in [5.41, 5.74) is 1.50. The molecule has 1 rings (SSSR count). The fourth-order valence-corrected chi connectivity index (χ4v) is 1.37. The van der Waals surface area contributed by atoms with Crippen LogP contribution >= 0.6 is 12.6 Å². The topological polar surface area (TPSA) is 34.9 Å². The summed E-state index contributed by atoms with van der Waals surface area (Å²) in [5, 5.41) is 4.23. The smallest absolute Gasteiger partial charge is 0.179 e. The fraction of sp³-hybridized carbons (Fsp3) is 0.556. The second-order valence-electron chi connectivity index (χ2n) is 3.06. The third kappa shape index (κ3) is 2.12. The van der Waals surface area contributed by atoms with E-state index in [1.807, 2.05) is 13.8 Å². The molecule has 0 spiro atoms. The molecule has 4 heteroatoms. The lowest BCUT2D eigenvalue weighted by Gasteiger charge is -2.09. The van der Waals surface area contributed by atoms with Crippen molar-refractivity contribution in [1.82, 2.24) is 9.78 Å². The van der Waals surface area contributed by atoms with Gasteiger partial charge in [-0.1, -0.05) is 6.92 Å². The van der Waals surface area contributed by atoms with Crippen molar-refractivity contribution in [2.75, 3.05) is 0 Å². The molecular formula is C9H14N2OS. The predicted octanol–water partition coefficient (Wildman–Crippen LogP) is 2.23. The molecule has 0 bridgehead atoms. The third-order valence-corrected chi connectivity index (χ3v) is 2.51. The number of rotatable bonds is 3. The summed E-state index contributed by atoms with van der Waals surface area (Å²) in [7, 11) is 0. The van der Waals surface area contributed by atoms with E-state index in [4.69, 9.17) is 0 Å². The summed E-state index contributed by atoms with van der Waals surface area (Å²) in [5.74, 6) is -0.00140. The van der Waals surface area contributed by atoms with Gasteiger partial charge in [0.2, 0.25) is 0 Å². The molecule has 0 aliphatic heterocycles. The largest absolute Gasteiger partial charge is 0.293 e. The Kier molecular flexibility index (Phi) is 3.14. The summed E-state index contributed by atoms with van der Waals surface area (Å²) in [6.07, 6.45) is 0.892. The van der Waals surface area contributed by atoms with Crippen LogP contribution in [0.1, 0.15) is 41.8 Å². The monoisotopic (exact) mass is 198 g/mol. The minimum Gasteiger partial charge on any atom is -0.293 e. The van der Waals surface area contributed by atoms with Crippen LogP contribution in [0.15, 0.2) is 6.07 Å². The molecule has 13 heavy (non-hydrogen) atoms.